The lowest BCUT2D eigenvalue weighted by Gasteiger charge is -2.31. The first-order valence-electron chi connectivity index (χ1n) is 9.19. The number of methoxy groups -OCH3 is 2. The molecule has 0 spiro atoms. The molecule has 28 heavy (non-hydrogen) atoms. The number of piperidine rings is 1. The van der Waals surface area contributed by atoms with Crippen LogP contribution in [0.3, 0.4) is 0 Å². The first kappa shape index (κ1) is 19.7. The zero-order valence-electron chi connectivity index (χ0n) is 16.6. The number of nitrogens with zero attached hydrogens (tertiary/aromatic N) is 2. The summed E-state index contributed by atoms with van der Waals surface area (Å²) in [6, 6.07) is 5.12. The largest absolute Gasteiger partial charge is 0.497 e. The van der Waals surface area contributed by atoms with E-state index in [9.17, 15) is 9.59 Å². The predicted molar refractivity (Wildman–Crippen MR) is 103 cm³/mol. The molecule has 1 aliphatic rings. The molecule has 2 heterocycles. The Morgan fingerprint density at radius 3 is 2.21 bits per heavy atom. The Hall–Kier alpha value is -3.03. The van der Waals surface area contributed by atoms with Crippen LogP contribution in [0.4, 0.5) is 5.69 Å². The summed E-state index contributed by atoms with van der Waals surface area (Å²) in [7, 11) is 3.10. The van der Waals surface area contributed by atoms with Gasteiger partial charge in [0, 0.05) is 30.6 Å². The molecule has 0 atom stereocenters. The second kappa shape index (κ2) is 8.33. The van der Waals surface area contributed by atoms with Gasteiger partial charge in [0.25, 0.3) is 5.91 Å². The van der Waals surface area contributed by atoms with Crippen molar-refractivity contribution in [2.75, 3.05) is 32.6 Å². The number of hydrogen-bond acceptors (Lipinski definition) is 6. The summed E-state index contributed by atoms with van der Waals surface area (Å²) in [4.78, 5) is 27.2. The lowest BCUT2D eigenvalue weighted by Crippen LogP contribution is -2.41. The van der Waals surface area contributed by atoms with Crippen LogP contribution in [0.15, 0.2) is 22.7 Å². The second-order valence-electron chi connectivity index (χ2n) is 6.86. The van der Waals surface area contributed by atoms with Crippen molar-refractivity contribution in [3.63, 3.8) is 0 Å². The molecule has 1 fully saturated rings. The van der Waals surface area contributed by atoms with Crippen molar-refractivity contribution in [2.24, 2.45) is 5.92 Å². The van der Waals surface area contributed by atoms with Gasteiger partial charge < -0.3 is 24.2 Å². The van der Waals surface area contributed by atoms with E-state index in [1.165, 1.54) is 0 Å². The zero-order chi connectivity index (χ0) is 20.3. The number of aromatic nitrogens is 1. The average molecular weight is 387 g/mol. The van der Waals surface area contributed by atoms with Crippen LogP contribution in [0, 0.1) is 19.8 Å². The van der Waals surface area contributed by atoms with E-state index in [2.05, 4.69) is 10.5 Å². The third-order valence-electron chi connectivity index (χ3n) is 5.03. The molecular formula is C20H25N3O5. The third-order valence-corrected chi connectivity index (χ3v) is 5.03. The molecule has 3 rings (SSSR count). The molecular weight excluding hydrogens is 362 g/mol. The maximum atomic E-state index is 12.9. The summed E-state index contributed by atoms with van der Waals surface area (Å²) < 4.78 is 15.6. The maximum Gasteiger partial charge on any atom is 0.254 e. The van der Waals surface area contributed by atoms with E-state index in [0.29, 0.717) is 60.1 Å². The minimum Gasteiger partial charge on any atom is -0.497 e. The molecule has 0 saturated carbocycles. The normalized spacial score (nSPS) is 14.6. The van der Waals surface area contributed by atoms with E-state index < -0.39 is 0 Å². The van der Waals surface area contributed by atoms with Crippen molar-refractivity contribution in [1.82, 2.24) is 10.1 Å². The molecule has 0 radical (unpaired) electrons. The fourth-order valence-corrected chi connectivity index (χ4v) is 3.34. The van der Waals surface area contributed by atoms with Gasteiger partial charge in [-0.05, 0) is 38.8 Å². The van der Waals surface area contributed by atoms with Crippen LogP contribution in [0.5, 0.6) is 11.5 Å². The van der Waals surface area contributed by atoms with Crippen molar-refractivity contribution in [3.8, 4) is 11.5 Å². The van der Waals surface area contributed by atoms with Gasteiger partial charge in [0.05, 0.1) is 14.2 Å². The zero-order valence-corrected chi connectivity index (χ0v) is 16.6. The highest BCUT2D eigenvalue weighted by Gasteiger charge is 2.29. The summed E-state index contributed by atoms with van der Waals surface area (Å²) in [6.45, 7) is 4.57. The van der Waals surface area contributed by atoms with Crippen molar-refractivity contribution in [3.05, 3.63) is 35.2 Å². The highest BCUT2D eigenvalue weighted by atomic mass is 16.5. The SMILES string of the molecule is COc1cc(OC)cc(C(=O)N2CCC(C(=O)Nc3c(C)noc3C)CC2)c1. The fourth-order valence-electron chi connectivity index (χ4n) is 3.34. The smallest absolute Gasteiger partial charge is 0.254 e. The number of carbonyl (C=O) groups is 2. The molecule has 1 saturated heterocycles. The first-order chi connectivity index (χ1) is 13.4. The fraction of sp³-hybridized carbons (Fsp3) is 0.450. The van der Waals surface area contributed by atoms with Gasteiger partial charge in [-0.3, -0.25) is 9.59 Å². The standard InChI is InChI=1S/C20H25N3O5/c1-12-18(13(2)28-22-12)21-19(24)14-5-7-23(8-6-14)20(25)15-9-16(26-3)11-17(10-15)27-4/h9-11,14H,5-8H2,1-4H3,(H,21,24). The van der Waals surface area contributed by atoms with Gasteiger partial charge in [0.2, 0.25) is 5.91 Å². The maximum absolute atomic E-state index is 12.9. The minimum atomic E-state index is -0.155. The Morgan fingerprint density at radius 1 is 1.11 bits per heavy atom. The molecule has 1 aromatic carbocycles. The van der Waals surface area contributed by atoms with Crippen LogP contribution in [-0.4, -0.2) is 49.2 Å². The Labute approximate surface area is 163 Å². The van der Waals surface area contributed by atoms with Gasteiger partial charge in [-0.2, -0.15) is 0 Å². The van der Waals surface area contributed by atoms with Crippen molar-refractivity contribution >= 4 is 17.5 Å². The van der Waals surface area contributed by atoms with E-state index in [0.717, 1.165) is 0 Å². The Bertz CT molecular complexity index is 827. The summed E-state index contributed by atoms with van der Waals surface area (Å²) in [6.07, 6.45) is 1.20. The Morgan fingerprint density at radius 2 is 1.71 bits per heavy atom. The number of rotatable bonds is 5. The van der Waals surface area contributed by atoms with Crippen molar-refractivity contribution in [1.29, 1.82) is 0 Å². The van der Waals surface area contributed by atoms with Gasteiger partial charge in [-0.1, -0.05) is 5.16 Å². The number of nitrogens with one attached hydrogen (secondary N) is 1. The molecule has 0 bridgehead atoms. The van der Waals surface area contributed by atoms with Crippen LogP contribution >= 0.6 is 0 Å². The first-order valence-corrected chi connectivity index (χ1v) is 9.19. The predicted octanol–water partition coefficient (Wildman–Crippen LogP) is 2.80. The monoisotopic (exact) mass is 387 g/mol. The lowest BCUT2D eigenvalue weighted by molar-refractivity contribution is -0.121. The molecule has 2 amide bonds. The van der Waals surface area contributed by atoms with Gasteiger partial charge in [-0.25, -0.2) is 0 Å². The number of anilines is 1. The number of aryl methyl sites for hydroxylation is 2. The van der Waals surface area contributed by atoms with Crippen molar-refractivity contribution in [2.45, 2.75) is 26.7 Å². The number of hydrogen-bond donors (Lipinski definition) is 1. The van der Waals surface area contributed by atoms with E-state index in [1.807, 2.05) is 0 Å². The van der Waals surface area contributed by atoms with Gasteiger partial charge in [0.1, 0.15) is 22.9 Å². The number of benzene rings is 1. The minimum absolute atomic E-state index is 0.0652. The summed E-state index contributed by atoms with van der Waals surface area (Å²) >= 11 is 0. The number of ether oxygens (including phenoxy) is 2. The van der Waals surface area contributed by atoms with E-state index in [-0.39, 0.29) is 17.7 Å². The molecule has 8 heteroatoms. The van der Waals surface area contributed by atoms with Crippen molar-refractivity contribution < 1.29 is 23.6 Å². The molecule has 0 aliphatic carbocycles. The molecule has 0 unspecified atom stereocenters. The lowest BCUT2D eigenvalue weighted by atomic mass is 9.95. The van der Waals surface area contributed by atoms with E-state index in [1.54, 1.807) is 51.2 Å². The van der Waals surface area contributed by atoms with Gasteiger partial charge in [0.15, 0.2) is 5.76 Å². The highest BCUT2D eigenvalue weighted by Crippen LogP contribution is 2.26. The molecule has 1 N–H and O–H groups in total. The molecule has 1 aromatic heterocycles. The van der Waals surface area contributed by atoms with Crippen LogP contribution in [0.25, 0.3) is 0 Å². The number of likely N-dealkylation sites (tertiary alicyclic amines) is 1. The van der Waals surface area contributed by atoms with E-state index >= 15 is 0 Å². The van der Waals surface area contributed by atoms with Crippen LogP contribution in [-0.2, 0) is 4.79 Å². The summed E-state index contributed by atoms with van der Waals surface area (Å²) in [5.41, 5.74) is 1.80. The molecule has 1 aliphatic heterocycles. The molecule has 2 aromatic rings. The Balaban J connectivity index is 1.62. The average Bonchev–Trinajstić information content (AvgIpc) is 3.04. The third kappa shape index (κ3) is 4.11. The van der Waals surface area contributed by atoms with Crippen LogP contribution in [0.1, 0.15) is 34.7 Å². The summed E-state index contributed by atoms with van der Waals surface area (Å²) in [5, 5.41) is 6.75. The van der Waals surface area contributed by atoms with Crippen LogP contribution < -0.4 is 14.8 Å². The molecule has 8 nitrogen and oxygen atoms in total. The van der Waals surface area contributed by atoms with Crippen LogP contribution in [0.2, 0.25) is 0 Å². The number of carbonyl (C=O) groups excluding carboxylic acids is 2. The quantitative estimate of drug-likeness (QED) is 0.848. The second-order valence-corrected chi connectivity index (χ2v) is 6.86. The van der Waals surface area contributed by atoms with E-state index in [4.69, 9.17) is 14.0 Å². The Kier molecular flexibility index (Phi) is 5.87. The number of amides is 2. The summed E-state index contributed by atoms with van der Waals surface area (Å²) in [5.74, 6) is 1.40. The highest BCUT2D eigenvalue weighted by molar-refractivity contribution is 5.96. The molecule has 150 valence electrons. The topological polar surface area (TPSA) is 93.9 Å². The van der Waals surface area contributed by atoms with Gasteiger partial charge in [-0.15, -0.1) is 0 Å². The van der Waals surface area contributed by atoms with Gasteiger partial charge >= 0.3 is 0 Å².